The van der Waals surface area contributed by atoms with Crippen LogP contribution in [0.25, 0.3) is 0 Å². The molecule has 1 atom stereocenters. The molecule has 15 heavy (non-hydrogen) atoms. The van der Waals surface area contributed by atoms with Crippen LogP contribution in [0.1, 0.15) is 44.9 Å². The molecule has 0 spiro atoms. The lowest BCUT2D eigenvalue weighted by molar-refractivity contribution is -0.149. The van der Waals surface area contributed by atoms with E-state index in [0.29, 0.717) is 12.3 Å². The molecule has 0 aliphatic heterocycles. The normalized spacial score (nSPS) is 19.7. The molecule has 0 saturated heterocycles. The van der Waals surface area contributed by atoms with Gasteiger partial charge >= 0.3 is 11.9 Å². The summed E-state index contributed by atoms with van der Waals surface area (Å²) in [6, 6.07) is 0. The summed E-state index contributed by atoms with van der Waals surface area (Å²) in [6.45, 7) is 0. The van der Waals surface area contributed by atoms with Gasteiger partial charge in [-0.15, -0.1) is 0 Å². The molecule has 1 saturated carbocycles. The first-order chi connectivity index (χ1) is 7.09. The zero-order valence-corrected chi connectivity index (χ0v) is 8.82. The first kappa shape index (κ1) is 12.0. The van der Waals surface area contributed by atoms with Crippen LogP contribution in [0.4, 0.5) is 0 Å². The molecular weight excluding hydrogens is 196 g/mol. The number of carboxylic acids is 2. The third-order valence-electron chi connectivity index (χ3n) is 3.11. The molecule has 0 radical (unpaired) electrons. The number of hydrogen-bond acceptors (Lipinski definition) is 2. The number of hydrogen-bond donors (Lipinski definition) is 2. The van der Waals surface area contributed by atoms with Crippen LogP contribution in [-0.4, -0.2) is 22.2 Å². The van der Waals surface area contributed by atoms with Crippen LogP contribution in [0.15, 0.2) is 0 Å². The third-order valence-corrected chi connectivity index (χ3v) is 3.11. The van der Waals surface area contributed by atoms with E-state index in [1.165, 1.54) is 6.42 Å². The van der Waals surface area contributed by atoms with E-state index >= 15 is 0 Å². The molecule has 0 unspecified atom stereocenters. The maximum Gasteiger partial charge on any atom is 0.307 e. The van der Waals surface area contributed by atoms with E-state index in [1.807, 2.05) is 0 Å². The molecule has 1 fully saturated rings. The van der Waals surface area contributed by atoms with Crippen molar-refractivity contribution >= 4 is 11.9 Å². The average molecular weight is 214 g/mol. The van der Waals surface area contributed by atoms with Crippen molar-refractivity contribution in [2.24, 2.45) is 11.8 Å². The first-order valence-corrected chi connectivity index (χ1v) is 5.54. The van der Waals surface area contributed by atoms with E-state index in [0.717, 1.165) is 25.7 Å². The van der Waals surface area contributed by atoms with Crippen LogP contribution >= 0.6 is 0 Å². The highest BCUT2D eigenvalue weighted by molar-refractivity contribution is 5.77. The van der Waals surface area contributed by atoms with Crippen molar-refractivity contribution in [2.45, 2.75) is 44.9 Å². The maximum absolute atomic E-state index is 10.8. The van der Waals surface area contributed by atoms with Crippen molar-refractivity contribution < 1.29 is 19.8 Å². The summed E-state index contributed by atoms with van der Waals surface area (Å²) < 4.78 is 0. The Morgan fingerprint density at radius 1 is 1.13 bits per heavy atom. The second kappa shape index (κ2) is 5.73. The molecule has 1 rings (SSSR count). The SMILES string of the molecule is O=C(O)C[C@@H](CC1CCCCC1)C(=O)O. The smallest absolute Gasteiger partial charge is 0.307 e. The topological polar surface area (TPSA) is 74.6 Å². The van der Waals surface area contributed by atoms with Crippen LogP contribution in [-0.2, 0) is 9.59 Å². The highest BCUT2D eigenvalue weighted by Crippen LogP contribution is 2.30. The van der Waals surface area contributed by atoms with Gasteiger partial charge < -0.3 is 10.2 Å². The minimum Gasteiger partial charge on any atom is -0.481 e. The molecule has 0 amide bonds. The van der Waals surface area contributed by atoms with Crippen LogP contribution in [0.5, 0.6) is 0 Å². The second-order valence-electron chi connectivity index (χ2n) is 4.37. The highest BCUT2D eigenvalue weighted by Gasteiger charge is 2.25. The lowest BCUT2D eigenvalue weighted by Gasteiger charge is -2.23. The van der Waals surface area contributed by atoms with Gasteiger partial charge in [-0.1, -0.05) is 32.1 Å². The summed E-state index contributed by atoms with van der Waals surface area (Å²) in [7, 11) is 0. The largest absolute Gasteiger partial charge is 0.481 e. The molecule has 4 nitrogen and oxygen atoms in total. The van der Waals surface area contributed by atoms with Gasteiger partial charge in [0.15, 0.2) is 0 Å². The Hall–Kier alpha value is -1.06. The van der Waals surface area contributed by atoms with Crippen LogP contribution in [0.2, 0.25) is 0 Å². The number of aliphatic carboxylic acids is 2. The van der Waals surface area contributed by atoms with Crippen LogP contribution in [0, 0.1) is 11.8 Å². The van der Waals surface area contributed by atoms with E-state index in [1.54, 1.807) is 0 Å². The molecular formula is C11H18O4. The minimum atomic E-state index is -1.02. The van der Waals surface area contributed by atoms with Crippen molar-refractivity contribution in [3.05, 3.63) is 0 Å². The summed E-state index contributed by atoms with van der Waals surface area (Å²) in [5, 5.41) is 17.5. The van der Waals surface area contributed by atoms with Crippen LogP contribution < -0.4 is 0 Å². The Balaban J connectivity index is 2.42. The summed E-state index contributed by atoms with van der Waals surface area (Å²) in [6.07, 6.45) is 5.95. The van der Waals surface area contributed by atoms with Gasteiger partial charge in [0.1, 0.15) is 0 Å². The van der Waals surface area contributed by atoms with Crippen molar-refractivity contribution in [1.82, 2.24) is 0 Å². The van der Waals surface area contributed by atoms with Crippen molar-refractivity contribution in [1.29, 1.82) is 0 Å². The summed E-state index contributed by atoms with van der Waals surface area (Å²) in [4.78, 5) is 21.3. The molecule has 0 aromatic carbocycles. The van der Waals surface area contributed by atoms with Gasteiger partial charge in [0, 0.05) is 0 Å². The Morgan fingerprint density at radius 2 is 1.73 bits per heavy atom. The average Bonchev–Trinajstić information content (AvgIpc) is 2.17. The van der Waals surface area contributed by atoms with E-state index in [2.05, 4.69) is 0 Å². The van der Waals surface area contributed by atoms with Gasteiger partial charge in [-0.05, 0) is 12.3 Å². The standard InChI is InChI=1S/C11H18O4/c12-10(13)7-9(11(14)15)6-8-4-2-1-3-5-8/h8-9H,1-7H2,(H,12,13)(H,14,15)/t9-/m1/s1. The van der Waals surface area contributed by atoms with E-state index < -0.39 is 17.9 Å². The first-order valence-electron chi connectivity index (χ1n) is 5.54. The predicted octanol–water partition coefficient (Wildman–Crippen LogP) is 2.13. The fourth-order valence-electron chi connectivity index (χ4n) is 2.31. The lowest BCUT2D eigenvalue weighted by atomic mass is 9.82. The van der Waals surface area contributed by atoms with E-state index in [-0.39, 0.29) is 6.42 Å². The molecule has 0 heterocycles. The summed E-state index contributed by atoms with van der Waals surface area (Å²) in [5.74, 6) is -2.27. The molecule has 0 bridgehead atoms. The van der Waals surface area contributed by atoms with Crippen LogP contribution in [0.3, 0.4) is 0 Å². The molecule has 1 aliphatic rings. The monoisotopic (exact) mass is 214 g/mol. The maximum atomic E-state index is 10.8. The molecule has 0 aromatic rings. The minimum absolute atomic E-state index is 0.244. The quantitative estimate of drug-likeness (QED) is 0.735. The van der Waals surface area contributed by atoms with Gasteiger partial charge in [0.2, 0.25) is 0 Å². The van der Waals surface area contributed by atoms with Gasteiger partial charge in [0.25, 0.3) is 0 Å². The van der Waals surface area contributed by atoms with Gasteiger partial charge in [-0.3, -0.25) is 9.59 Å². The Bertz CT molecular complexity index is 231. The zero-order valence-electron chi connectivity index (χ0n) is 8.82. The Kier molecular flexibility index (Phi) is 4.59. The summed E-state index contributed by atoms with van der Waals surface area (Å²) >= 11 is 0. The molecule has 1 aliphatic carbocycles. The highest BCUT2D eigenvalue weighted by atomic mass is 16.4. The number of carbonyl (C=O) groups is 2. The Labute approximate surface area is 89.3 Å². The molecule has 0 aromatic heterocycles. The van der Waals surface area contributed by atoms with E-state index in [9.17, 15) is 9.59 Å². The fourth-order valence-corrected chi connectivity index (χ4v) is 2.31. The van der Waals surface area contributed by atoms with Crippen molar-refractivity contribution in [3.63, 3.8) is 0 Å². The van der Waals surface area contributed by atoms with E-state index in [4.69, 9.17) is 10.2 Å². The molecule has 2 N–H and O–H groups in total. The van der Waals surface area contributed by atoms with Crippen molar-refractivity contribution in [3.8, 4) is 0 Å². The zero-order chi connectivity index (χ0) is 11.3. The second-order valence-corrected chi connectivity index (χ2v) is 4.37. The molecule has 4 heteroatoms. The third kappa shape index (κ3) is 4.32. The number of carboxylic acid groups (broad SMARTS) is 2. The molecule has 86 valence electrons. The Morgan fingerprint density at radius 3 is 2.20 bits per heavy atom. The lowest BCUT2D eigenvalue weighted by Crippen LogP contribution is -2.22. The van der Waals surface area contributed by atoms with Gasteiger partial charge in [-0.25, -0.2) is 0 Å². The van der Waals surface area contributed by atoms with Gasteiger partial charge in [-0.2, -0.15) is 0 Å². The van der Waals surface area contributed by atoms with Gasteiger partial charge in [0.05, 0.1) is 12.3 Å². The predicted molar refractivity (Wildman–Crippen MR) is 54.6 cm³/mol. The summed E-state index contributed by atoms with van der Waals surface area (Å²) in [5.41, 5.74) is 0. The van der Waals surface area contributed by atoms with Crippen molar-refractivity contribution in [2.75, 3.05) is 0 Å². The number of rotatable bonds is 5. The fraction of sp³-hybridized carbons (Fsp3) is 0.818.